The zero-order valence-electron chi connectivity index (χ0n) is 9.92. The molecular formula is C13H19NS. The maximum Gasteiger partial charge on any atom is 0.0810 e. The molecule has 0 fully saturated rings. The highest BCUT2D eigenvalue weighted by Gasteiger charge is 2.15. The molecule has 1 aromatic carbocycles. The fraction of sp³-hybridized carbons (Fsp3) is 0.462. The monoisotopic (exact) mass is 221 g/mol. The van der Waals surface area contributed by atoms with Crippen molar-refractivity contribution in [1.29, 1.82) is 0 Å². The van der Waals surface area contributed by atoms with Crippen LogP contribution >= 0.6 is 12.2 Å². The molecule has 0 atom stereocenters. The van der Waals surface area contributed by atoms with E-state index in [0.29, 0.717) is 0 Å². The van der Waals surface area contributed by atoms with Crippen LogP contribution in [0.5, 0.6) is 0 Å². The lowest BCUT2D eigenvalue weighted by atomic mass is 9.96. The molecule has 0 radical (unpaired) electrons. The van der Waals surface area contributed by atoms with E-state index in [4.69, 9.17) is 12.2 Å². The molecule has 2 heteroatoms. The highest BCUT2D eigenvalue weighted by molar-refractivity contribution is 7.80. The molecule has 0 bridgehead atoms. The van der Waals surface area contributed by atoms with Gasteiger partial charge < -0.3 is 5.32 Å². The summed E-state index contributed by atoms with van der Waals surface area (Å²) in [5, 5.41) is 3.29. The summed E-state index contributed by atoms with van der Waals surface area (Å²) in [6.07, 6.45) is 0. The summed E-state index contributed by atoms with van der Waals surface area (Å²) in [5.41, 5.74) is 2.62. The zero-order valence-corrected chi connectivity index (χ0v) is 10.7. The van der Waals surface area contributed by atoms with E-state index >= 15 is 0 Å². The predicted molar refractivity (Wildman–Crippen MR) is 70.1 cm³/mol. The van der Waals surface area contributed by atoms with E-state index in [1.54, 1.807) is 0 Å². The van der Waals surface area contributed by atoms with Crippen LogP contribution in [-0.2, 0) is 6.54 Å². The molecule has 0 aliphatic rings. The maximum absolute atomic E-state index is 5.31. The molecular weight excluding hydrogens is 202 g/mol. The van der Waals surface area contributed by atoms with Gasteiger partial charge in [0.2, 0.25) is 0 Å². The van der Waals surface area contributed by atoms with Crippen molar-refractivity contribution in [3.8, 4) is 0 Å². The van der Waals surface area contributed by atoms with Gasteiger partial charge in [0.25, 0.3) is 0 Å². The molecule has 0 unspecified atom stereocenters. The lowest BCUT2D eigenvalue weighted by Gasteiger charge is -2.21. The van der Waals surface area contributed by atoms with Gasteiger partial charge in [-0.2, -0.15) is 0 Å². The molecule has 15 heavy (non-hydrogen) atoms. The van der Waals surface area contributed by atoms with Gasteiger partial charge in [-0.15, -0.1) is 0 Å². The van der Waals surface area contributed by atoms with Crippen LogP contribution in [0, 0.1) is 12.3 Å². The topological polar surface area (TPSA) is 12.0 Å². The van der Waals surface area contributed by atoms with Crippen molar-refractivity contribution in [1.82, 2.24) is 5.32 Å². The van der Waals surface area contributed by atoms with E-state index in [0.717, 1.165) is 11.5 Å². The third kappa shape index (κ3) is 4.00. The molecule has 1 aromatic rings. The summed E-state index contributed by atoms with van der Waals surface area (Å²) in [6, 6.07) is 8.51. The lowest BCUT2D eigenvalue weighted by molar-refractivity contribution is 0.575. The Balaban J connectivity index is 2.51. The Bertz CT molecular complexity index is 333. The lowest BCUT2D eigenvalue weighted by Crippen LogP contribution is -2.32. The van der Waals surface area contributed by atoms with Crippen molar-refractivity contribution >= 4 is 17.2 Å². The van der Waals surface area contributed by atoms with Crippen molar-refractivity contribution in [2.24, 2.45) is 5.41 Å². The zero-order chi connectivity index (χ0) is 11.5. The van der Waals surface area contributed by atoms with Crippen LogP contribution in [0.3, 0.4) is 0 Å². The van der Waals surface area contributed by atoms with Crippen molar-refractivity contribution < 1.29 is 0 Å². The Morgan fingerprint density at radius 1 is 1.20 bits per heavy atom. The Hall–Kier alpha value is -0.890. The molecule has 0 spiro atoms. The van der Waals surface area contributed by atoms with Gasteiger partial charge in [-0.05, 0) is 12.5 Å². The van der Waals surface area contributed by atoms with Crippen molar-refractivity contribution in [3.05, 3.63) is 35.4 Å². The summed E-state index contributed by atoms with van der Waals surface area (Å²) in [5.74, 6) is 0. The highest BCUT2D eigenvalue weighted by Crippen LogP contribution is 2.14. The average molecular weight is 221 g/mol. The Labute approximate surface area is 97.9 Å². The first-order valence-electron chi connectivity index (χ1n) is 5.23. The van der Waals surface area contributed by atoms with Gasteiger partial charge >= 0.3 is 0 Å². The van der Waals surface area contributed by atoms with Gasteiger partial charge in [0, 0.05) is 12.0 Å². The molecule has 0 amide bonds. The molecule has 0 saturated carbocycles. The van der Waals surface area contributed by atoms with Crippen LogP contribution in [0.4, 0.5) is 0 Å². The predicted octanol–water partition coefficient (Wildman–Crippen LogP) is 3.46. The fourth-order valence-corrected chi connectivity index (χ4v) is 1.23. The number of rotatable bonds is 2. The standard InChI is InChI=1S/C13H19NS/c1-10-5-7-11(8-6-10)9-14-12(15)13(2,3)4/h5-8H,9H2,1-4H3,(H,14,15). The fourth-order valence-electron chi connectivity index (χ4n) is 1.15. The molecule has 82 valence electrons. The maximum atomic E-state index is 5.31. The molecule has 0 saturated heterocycles. The van der Waals surface area contributed by atoms with Gasteiger partial charge in [-0.1, -0.05) is 62.8 Å². The molecule has 0 aromatic heterocycles. The summed E-state index contributed by atoms with van der Waals surface area (Å²) < 4.78 is 0. The SMILES string of the molecule is Cc1ccc(CNC(=S)C(C)(C)C)cc1. The molecule has 0 aliphatic heterocycles. The van der Waals surface area contributed by atoms with Crippen LogP contribution in [-0.4, -0.2) is 4.99 Å². The number of aryl methyl sites for hydroxylation is 1. The Morgan fingerprint density at radius 2 is 1.73 bits per heavy atom. The smallest absolute Gasteiger partial charge is 0.0810 e. The normalized spacial score (nSPS) is 11.2. The second-order valence-corrected chi connectivity index (χ2v) is 5.33. The van der Waals surface area contributed by atoms with Crippen molar-refractivity contribution in [3.63, 3.8) is 0 Å². The molecule has 1 rings (SSSR count). The largest absolute Gasteiger partial charge is 0.375 e. The number of hydrogen-bond donors (Lipinski definition) is 1. The van der Waals surface area contributed by atoms with E-state index in [9.17, 15) is 0 Å². The minimum Gasteiger partial charge on any atom is -0.375 e. The van der Waals surface area contributed by atoms with Crippen molar-refractivity contribution in [2.75, 3.05) is 0 Å². The van der Waals surface area contributed by atoms with Gasteiger partial charge in [0.1, 0.15) is 0 Å². The summed E-state index contributed by atoms with van der Waals surface area (Å²) in [7, 11) is 0. The van der Waals surface area contributed by atoms with Gasteiger partial charge in [-0.25, -0.2) is 0 Å². The molecule has 0 aliphatic carbocycles. The van der Waals surface area contributed by atoms with Crippen LogP contribution in [0.15, 0.2) is 24.3 Å². The van der Waals surface area contributed by atoms with E-state index < -0.39 is 0 Å². The van der Waals surface area contributed by atoms with Crippen LogP contribution in [0.25, 0.3) is 0 Å². The van der Waals surface area contributed by atoms with Crippen LogP contribution < -0.4 is 5.32 Å². The second-order valence-electron chi connectivity index (χ2n) is 4.92. The third-order valence-electron chi connectivity index (χ3n) is 2.25. The second kappa shape index (κ2) is 4.75. The number of nitrogens with one attached hydrogen (secondary N) is 1. The minimum absolute atomic E-state index is 0.0556. The minimum atomic E-state index is 0.0556. The van der Waals surface area contributed by atoms with Gasteiger partial charge in [0.05, 0.1) is 4.99 Å². The van der Waals surface area contributed by atoms with Crippen LogP contribution in [0.2, 0.25) is 0 Å². The number of benzene rings is 1. The quantitative estimate of drug-likeness (QED) is 0.768. The summed E-state index contributed by atoms with van der Waals surface area (Å²) in [4.78, 5) is 0.920. The highest BCUT2D eigenvalue weighted by atomic mass is 32.1. The molecule has 1 nitrogen and oxygen atoms in total. The molecule has 1 N–H and O–H groups in total. The first-order valence-corrected chi connectivity index (χ1v) is 5.64. The van der Waals surface area contributed by atoms with E-state index in [2.05, 4.69) is 57.3 Å². The Kier molecular flexibility index (Phi) is 3.86. The third-order valence-corrected chi connectivity index (χ3v) is 3.01. The van der Waals surface area contributed by atoms with E-state index in [1.807, 2.05) is 0 Å². The van der Waals surface area contributed by atoms with E-state index in [-0.39, 0.29) is 5.41 Å². The van der Waals surface area contributed by atoms with E-state index in [1.165, 1.54) is 11.1 Å². The van der Waals surface area contributed by atoms with Crippen LogP contribution in [0.1, 0.15) is 31.9 Å². The van der Waals surface area contributed by atoms with Crippen molar-refractivity contribution in [2.45, 2.75) is 34.2 Å². The first-order chi connectivity index (χ1) is 6.89. The molecule has 0 heterocycles. The summed E-state index contributed by atoms with van der Waals surface area (Å²) in [6.45, 7) is 9.28. The average Bonchev–Trinajstić information content (AvgIpc) is 2.15. The Morgan fingerprint density at radius 3 is 2.20 bits per heavy atom. The summed E-state index contributed by atoms with van der Waals surface area (Å²) >= 11 is 5.31. The van der Waals surface area contributed by atoms with Gasteiger partial charge in [-0.3, -0.25) is 0 Å². The number of thiocarbonyl (C=S) groups is 1. The first kappa shape index (κ1) is 12.2. The van der Waals surface area contributed by atoms with Gasteiger partial charge in [0.15, 0.2) is 0 Å². The number of hydrogen-bond acceptors (Lipinski definition) is 1.